The van der Waals surface area contributed by atoms with Crippen molar-refractivity contribution in [3.8, 4) is 34.4 Å². The Morgan fingerprint density at radius 2 is 1.63 bits per heavy atom. The number of anilines is 2. The maximum Gasteiger partial charge on any atom is 0.251 e. The molecule has 0 bridgehead atoms. The van der Waals surface area contributed by atoms with Crippen LogP contribution in [0.25, 0.3) is 45.1 Å². The number of ether oxygens (including phenoxy) is 1. The Kier molecular flexibility index (Phi) is 6.07. The second kappa shape index (κ2) is 9.75. The van der Waals surface area contributed by atoms with Crippen molar-refractivity contribution in [1.82, 2.24) is 15.3 Å². The van der Waals surface area contributed by atoms with Gasteiger partial charge in [-0.2, -0.15) is 0 Å². The van der Waals surface area contributed by atoms with Crippen LogP contribution < -0.4 is 25.8 Å². The number of carbonyl (C=O) groups excluding carboxylic acids is 2. The molecule has 0 atom stereocenters. The van der Waals surface area contributed by atoms with Crippen molar-refractivity contribution in [2.24, 2.45) is 0 Å². The molecule has 0 fully saturated rings. The van der Waals surface area contributed by atoms with E-state index < -0.39 is 29.5 Å². The fourth-order valence-corrected chi connectivity index (χ4v) is 4.45. The number of hydrogen-bond acceptors (Lipinski definition) is 10. The van der Waals surface area contributed by atoms with Crippen molar-refractivity contribution >= 4 is 45.4 Å². The first-order chi connectivity index (χ1) is 19.7. The van der Waals surface area contributed by atoms with Gasteiger partial charge in [-0.15, -0.1) is 0 Å². The third-order valence-corrected chi connectivity index (χ3v) is 6.32. The number of rotatable bonds is 5. The van der Waals surface area contributed by atoms with Gasteiger partial charge in [0, 0.05) is 37.3 Å². The lowest BCUT2D eigenvalue weighted by Crippen LogP contribution is -2.37. The first kappa shape index (κ1) is 25.5. The van der Waals surface area contributed by atoms with Gasteiger partial charge in [-0.25, -0.2) is 9.97 Å². The maximum atomic E-state index is 13.6. The van der Waals surface area contributed by atoms with Crippen LogP contribution in [0.2, 0.25) is 0 Å². The van der Waals surface area contributed by atoms with Gasteiger partial charge in [0.25, 0.3) is 5.91 Å². The van der Waals surface area contributed by atoms with E-state index >= 15 is 0 Å². The van der Waals surface area contributed by atoms with Crippen LogP contribution in [-0.2, 0) is 9.59 Å². The molecule has 6 rings (SSSR count). The highest BCUT2D eigenvalue weighted by molar-refractivity contribution is 6.07. The van der Waals surface area contributed by atoms with Crippen LogP contribution in [0.4, 0.5) is 11.4 Å². The molecule has 0 spiro atoms. The third kappa shape index (κ3) is 4.67. The summed E-state index contributed by atoms with van der Waals surface area (Å²) in [6.45, 7) is 0.796. The summed E-state index contributed by atoms with van der Waals surface area (Å²) >= 11 is 0. The molecule has 2 aliphatic carbocycles. The van der Waals surface area contributed by atoms with Crippen molar-refractivity contribution in [3.05, 3.63) is 81.1 Å². The fraction of sp³-hybridized carbons (Fsp3) is 0.103. The van der Waals surface area contributed by atoms with Crippen molar-refractivity contribution in [2.45, 2.75) is 6.92 Å². The Hall–Kier alpha value is -5.78. The summed E-state index contributed by atoms with van der Waals surface area (Å²) in [7, 11) is 1.50. The van der Waals surface area contributed by atoms with Crippen LogP contribution in [0.3, 0.4) is 0 Å². The minimum atomic E-state index is -0.688. The number of nitrogens with zero attached hydrogens (tertiary/aromatic N) is 3. The van der Waals surface area contributed by atoms with Gasteiger partial charge in [0.1, 0.15) is 33.9 Å². The molecule has 2 heterocycles. The molecule has 2 amide bonds. The van der Waals surface area contributed by atoms with E-state index in [4.69, 9.17) is 13.6 Å². The minimum Gasteiger partial charge on any atom is -0.506 e. The Balaban J connectivity index is 1.60. The first-order valence-corrected chi connectivity index (χ1v) is 12.3. The van der Waals surface area contributed by atoms with Crippen LogP contribution in [0.1, 0.15) is 6.92 Å². The third-order valence-electron chi connectivity index (χ3n) is 6.32. The lowest BCUT2D eigenvalue weighted by Gasteiger charge is -2.26. The Morgan fingerprint density at radius 3 is 2.41 bits per heavy atom. The monoisotopic (exact) mass is 552 g/mol. The van der Waals surface area contributed by atoms with E-state index in [-0.39, 0.29) is 45.1 Å². The van der Waals surface area contributed by atoms with Gasteiger partial charge in [0.15, 0.2) is 33.5 Å². The number of hydrogen-bond donors (Lipinski definition) is 2. The minimum absolute atomic E-state index is 0.00712. The molecular formula is C29H20N4O8. The van der Waals surface area contributed by atoms with E-state index in [1.54, 1.807) is 18.2 Å². The van der Waals surface area contributed by atoms with E-state index in [9.17, 15) is 24.3 Å². The highest BCUT2D eigenvalue weighted by atomic mass is 16.5. The van der Waals surface area contributed by atoms with Crippen LogP contribution >= 0.6 is 0 Å². The van der Waals surface area contributed by atoms with E-state index in [0.29, 0.717) is 22.5 Å². The lowest BCUT2D eigenvalue weighted by molar-refractivity contribution is -0.123. The van der Waals surface area contributed by atoms with Crippen molar-refractivity contribution in [3.63, 3.8) is 0 Å². The summed E-state index contributed by atoms with van der Waals surface area (Å²) in [5.74, 6) is -0.725. The highest BCUT2D eigenvalue weighted by Gasteiger charge is 2.29. The van der Waals surface area contributed by atoms with Gasteiger partial charge < -0.3 is 24.0 Å². The van der Waals surface area contributed by atoms with Crippen LogP contribution in [-0.4, -0.2) is 40.5 Å². The van der Waals surface area contributed by atoms with Gasteiger partial charge in [-0.3, -0.25) is 24.1 Å². The summed E-state index contributed by atoms with van der Waals surface area (Å²) in [5, 5.41) is 13.5. The molecule has 2 aromatic carbocycles. The Labute approximate surface area is 230 Å². The summed E-state index contributed by atoms with van der Waals surface area (Å²) < 4.78 is 17.0. The van der Waals surface area contributed by atoms with Gasteiger partial charge >= 0.3 is 0 Å². The number of nitrogens with one attached hydrogen (secondary N) is 1. The highest BCUT2D eigenvalue weighted by Crippen LogP contribution is 2.41. The molecule has 2 aliphatic heterocycles. The second-order valence-electron chi connectivity index (χ2n) is 9.13. The first-order valence-electron chi connectivity index (χ1n) is 12.3. The summed E-state index contributed by atoms with van der Waals surface area (Å²) in [6, 6.07) is 14.1. The Bertz CT molecular complexity index is 2070. The van der Waals surface area contributed by atoms with E-state index in [1.807, 2.05) is 0 Å². The zero-order chi connectivity index (χ0) is 28.8. The van der Waals surface area contributed by atoms with Gasteiger partial charge in [-0.05, 0) is 30.3 Å². The van der Waals surface area contributed by atoms with Crippen molar-refractivity contribution in [2.75, 3.05) is 18.6 Å². The number of methoxy groups -OCH3 is 1. The van der Waals surface area contributed by atoms with E-state index in [2.05, 4.69) is 15.3 Å². The number of amides is 2. The van der Waals surface area contributed by atoms with Gasteiger partial charge in [-0.1, -0.05) is 0 Å². The average Bonchev–Trinajstić information content (AvgIpc) is 2.94. The van der Waals surface area contributed by atoms with E-state index in [0.717, 1.165) is 4.90 Å². The van der Waals surface area contributed by atoms with Crippen LogP contribution in [0, 0.1) is 0 Å². The topological polar surface area (TPSA) is 165 Å². The Morgan fingerprint density at radius 1 is 0.878 bits per heavy atom. The van der Waals surface area contributed by atoms with Crippen LogP contribution in [0.5, 0.6) is 11.5 Å². The largest absolute Gasteiger partial charge is 0.506 e. The molecule has 0 saturated heterocycles. The number of fused-ring (bicyclic) bond motifs is 4. The van der Waals surface area contributed by atoms with Crippen molar-refractivity contribution < 1.29 is 28.3 Å². The maximum absolute atomic E-state index is 13.6. The predicted molar refractivity (Wildman–Crippen MR) is 148 cm³/mol. The number of phenols is 1. The smallest absolute Gasteiger partial charge is 0.251 e. The zero-order valence-corrected chi connectivity index (χ0v) is 21.6. The summed E-state index contributed by atoms with van der Waals surface area (Å²) in [6.07, 6.45) is 0. The molecule has 204 valence electrons. The number of carbonyl (C=O) groups is 2. The quantitative estimate of drug-likeness (QED) is 0.303. The molecule has 4 aliphatic rings. The van der Waals surface area contributed by atoms with Gasteiger partial charge in [0.2, 0.25) is 5.91 Å². The lowest BCUT2D eigenvalue weighted by atomic mass is 10.1. The number of benzene rings is 4. The molecule has 0 aromatic heterocycles. The average molecular weight is 552 g/mol. The predicted octanol–water partition coefficient (Wildman–Crippen LogP) is 3.41. The van der Waals surface area contributed by atoms with Crippen molar-refractivity contribution in [1.29, 1.82) is 0 Å². The molecule has 12 heteroatoms. The zero-order valence-electron chi connectivity index (χ0n) is 21.6. The molecule has 0 radical (unpaired) electrons. The molecular weight excluding hydrogens is 532 g/mol. The normalized spacial score (nSPS) is 11.3. The molecule has 2 N–H and O–H groups in total. The van der Waals surface area contributed by atoms with Gasteiger partial charge in [0.05, 0.1) is 25.0 Å². The van der Waals surface area contributed by atoms with E-state index in [1.165, 1.54) is 56.5 Å². The molecule has 0 unspecified atom stereocenters. The number of aromatic nitrogens is 2. The second-order valence-corrected chi connectivity index (χ2v) is 9.13. The van der Waals surface area contributed by atoms with Crippen LogP contribution in [0.15, 0.2) is 79.1 Å². The number of phenolic OH excluding ortho intramolecular Hbond substituents is 1. The summed E-state index contributed by atoms with van der Waals surface area (Å²) in [4.78, 5) is 60.1. The molecule has 0 saturated carbocycles. The molecule has 12 nitrogen and oxygen atoms in total. The standard InChI is InChI=1S/C29H20N4O8/c1-14(34)30-13-28(38)33(21-11-20-26(12-23(21)37)40-24-8-15(35)3-5-18(24)31-20)22-7-16(36)9-27-29(22)32-19-6-4-17(39-2)10-25(19)41-27/h3-12,37H,13H2,1-2H3,(H,30,34). The SMILES string of the molecule is COc1ccc2nc3c(N(C(=O)CNC(C)=O)c4cc5nc6ccc(=O)cc-6oc5cc4O)cc(=O)cc-3oc2c1. The molecule has 41 heavy (non-hydrogen) atoms. The summed E-state index contributed by atoms with van der Waals surface area (Å²) in [5.41, 5.74) is 0.865. The fourth-order valence-electron chi connectivity index (χ4n) is 4.45. The molecule has 2 aromatic rings. The number of aromatic hydroxyl groups is 1.